The zero-order valence-electron chi connectivity index (χ0n) is 13.8. The molecule has 2 aromatic heterocycles. The van der Waals surface area contributed by atoms with Crippen molar-refractivity contribution in [2.45, 2.75) is 10.8 Å². The highest BCUT2D eigenvalue weighted by Gasteiger charge is 2.06. The first-order chi connectivity index (χ1) is 12.3. The molecule has 0 saturated carbocycles. The Hall–Kier alpha value is -2.79. The van der Waals surface area contributed by atoms with E-state index in [2.05, 4.69) is 34.3 Å². The van der Waals surface area contributed by atoms with Gasteiger partial charge < -0.3 is 4.74 Å². The molecule has 0 aliphatic carbocycles. The normalized spacial score (nSPS) is 10.9. The van der Waals surface area contributed by atoms with Gasteiger partial charge in [-0.3, -0.25) is 0 Å². The van der Waals surface area contributed by atoms with Gasteiger partial charge in [0.1, 0.15) is 10.8 Å². The first-order valence-electron chi connectivity index (χ1n) is 7.99. The molecule has 2 aromatic carbocycles. The van der Waals surface area contributed by atoms with Crippen LogP contribution in [0, 0.1) is 0 Å². The highest BCUT2D eigenvalue weighted by atomic mass is 32.2. The van der Waals surface area contributed by atoms with Gasteiger partial charge in [0, 0.05) is 11.3 Å². The van der Waals surface area contributed by atoms with Crippen LogP contribution in [-0.2, 0) is 5.75 Å². The summed E-state index contributed by atoms with van der Waals surface area (Å²) in [4.78, 5) is 4.64. The van der Waals surface area contributed by atoms with Crippen molar-refractivity contribution in [2.24, 2.45) is 0 Å². The van der Waals surface area contributed by atoms with Crippen molar-refractivity contribution in [3.05, 3.63) is 78.5 Å². The van der Waals surface area contributed by atoms with Gasteiger partial charge in [-0.2, -0.15) is 5.10 Å². The second-order valence-corrected chi connectivity index (χ2v) is 6.60. The van der Waals surface area contributed by atoms with Crippen molar-refractivity contribution >= 4 is 17.4 Å². The van der Waals surface area contributed by atoms with Crippen LogP contribution in [0.25, 0.3) is 16.9 Å². The summed E-state index contributed by atoms with van der Waals surface area (Å²) in [6.45, 7) is 0. The van der Waals surface area contributed by atoms with E-state index in [1.165, 1.54) is 5.56 Å². The van der Waals surface area contributed by atoms with E-state index in [1.807, 2.05) is 53.2 Å². The lowest BCUT2D eigenvalue weighted by molar-refractivity contribution is 0.414. The Kier molecular flexibility index (Phi) is 4.39. The average Bonchev–Trinajstić information content (AvgIpc) is 3.10. The fourth-order valence-corrected chi connectivity index (χ4v) is 3.41. The summed E-state index contributed by atoms with van der Waals surface area (Å²) < 4.78 is 7.12. The van der Waals surface area contributed by atoms with Gasteiger partial charge in [-0.25, -0.2) is 9.50 Å². The van der Waals surface area contributed by atoms with Gasteiger partial charge >= 0.3 is 0 Å². The molecule has 0 spiro atoms. The second-order valence-electron chi connectivity index (χ2n) is 5.61. The monoisotopic (exact) mass is 347 g/mol. The zero-order valence-corrected chi connectivity index (χ0v) is 14.6. The topological polar surface area (TPSA) is 39.4 Å². The van der Waals surface area contributed by atoms with Crippen molar-refractivity contribution in [1.82, 2.24) is 14.6 Å². The van der Waals surface area contributed by atoms with Crippen molar-refractivity contribution < 1.29 is 4.74 Å². The molecule has 124 valence electrons. The van der Waals surface area contributed by atoms with E-state index in [0.29, 0.717) is 0 Å². The van der Waals surface area contributed by atoms with Crippen molar-refractivity contribution in [3.8, 4) is 17.0 Å². The molecule has 0 fully saturated rings. The highest BCUT2D eigenvalue weighted by Crippen LogP contribution is 2.24. The van der Waals surface area contributed by atoms with E-state index in [4.69, 9.17) is 4.74 Å². The molecule has 25 heavy (non-hydrogen) atoms. The molecule has 0 aliphatic rings. The average molecular weight is 347 g/mol. The summed E-state index contributed by atoms with van der Waals surface area (Å²) >= 11 is 1.70. The van der Waals surface area contributed by atoms with Crippen LogP contribution < -0.4 is 4.74 Å². The van der Waals surface area contributed by atoms with Gasteiger partial charge in [-0.15, -0.1) is 0 Å². The Balaban J connectivity index is 1.54. The summed E-state index contributed by atoms with van der Waals surface area (Å²) in [5.74, 6) is 1.72. The maximum absolute atomic E-state index is 5.27. The lowest BCUT2D eigenvalue weighted by Crippen LogP contribution is -1.92. The van der Waals surface area contributed by atoms with E-state index in [0.717, 1.165) is 33.4 Å². The van der Waals surface area contributed by atoms with E-state index in [-0.39, 0.29) is 0 Å². The number of hydrogen-bond donors (Lipinski definition) is 0. The van der Waals surface area contributed by atoms with Gasteiger partial charge in [-0.05, 0) is 29.8 Å². The number of thioether (sulfide) groups is 1. The molecule has 0 aliphatic heterocycles. The molecule has 4 nitrogen and oxygen atoms in total. The SMILES string of the molecule is COc1cccc(CSc2ccc3nc(-c4ccccc4)cn3n2)c1. The van der Waals surface area contributed by atoms with Gasteiger partial charge in [0.2, 0.25) is 0 Å². The number of fused-ring (bicyclic) bond motifs is 1. The van der Waals surface area contributed by atoms with Crippen LogP contribution in [0.5, 0.6) is 5.75 Å². The Morgan fingerprint density at radius 2 is 1.88 bits per heavy atom. The highest BCUT2D eigenvalue weighted by molar-refractivity contribution is 7.98. The fourth-order valence-electron chi connectivity index (χ4n) is 2.61. The summed E-state index contributed by atoms with van der Waals surface area (Å²) in [6.07, 6.45) is 1.97. The van der Waals surface area contributed by atoms with Crippen molar-refractivity contribution in [3.63, 3.8) is 0 Å². The Morgan fingerprint density at radius 1 is 1.00 bits per heavy atom. The van der Waals surface area contributed by atoms with Crippen LogP contribution in [0.15, 0.2) is 78.0 Å². The number of benzene rings is 2. The molecule has 4 rings (SSSR count). The largest absolute Gasteiger partial charge is 0.497 e. The number of hydrogen-bond acceptors (Lipinski definition) is 4. The number of rotatable bonds is 5. The van der Waals surface area contributed by atoms with Gasteiger partial charge in [0.25, 0.3) is 0 Å². The summed E-state index contributed by atoms with van der Waals surface area (Å²) in [6, 6.07) is 22.3. The zero-order chi connectivity index (χ0) is 17.1. The number of aromatic nitrogens is 3. The Morgan fingerprint density at radius 3 is 2.72 bits per heavy atom. The lowest BCUT2D eigenvalue weighted by atomic mass is 10.2. The number of nitrogens with zero attached hydrogens (tertiary/aromatic N) is 3. The lowest BCUT2D eigenvalue weighted by Gasteiger charge is -2.04. The minimum Gasteiger partial charge on any atom is -0.497 e. The molecular weight excluding hydrogens is 330 g/mol. The van der Waals surface area contributed by atoms with Gasteiger partial charge in [-0.1, -0.05) is 54.2 Å². The maximum Gasteiger partial charge on any atom is 0.154 e. The fraction of sp³-hybridized carbons (Fsp3) is 0.100. The van der Waals surface area contributed by atoms with E-state index < -0.39 is 0 Å². The van der Waals surface area contributed by atoms with Gasteiger partial charge in [0.05, 0.1) is 19.0 Å². The van der Waals surface area contributed by atoms with Crippen LogP contribution in [-0.4, -0.2) is 21.7 Å². The molecule has 0 amide bonds. The number of ether oxygens (including phenoxy) is 1. The third kappa shape index (κ3) is 3.51. The maximum atomic E-state index is 5.27. The van der Waals surface area contributed by atoms with E-state index in [9.17, 15) is 0 Å². The number of imidazole rings is 1. The standard InChI is InChI=1S/C20H17N3OS/c1-24-17-9-5-6-15(12-17)14-25-20-11-10-19-21-18(13-23(19)22-20)16-7-3-2-4-8-16/h2-13H,14H2,1H3. The van der Waals surface area contributed by atoms with E-state index in [1.54, 1.807) is 18.9 Å². The molecule has 4 aromatic rings. The number of methoxy groups -OCH3 is 1. The third-order valence-electron chi connectivity index (χ3n) is 3.89. The molecule has 0 unspecified atom stereocenters. The Labute approximate surface area is 150 Å². The van der Waals surface area contributed by atoms with Crippen LogP contribution in [0.4, 0.5) is 0 Å². The first-order valence-corrected chi connectivity index (χ1v) is 8.98. The van der Waals surface area contributed by atoms with Crippen LogP contribution in [0.2, 0.25) is 0 Å². The third-order valence-corrected chi connectivity index (χ3v) is 4.88. The van der Waals surface area contributed by atoms with Crippen molar-refractivity contribution in [2.75, 3.05) is 7.11 Å². The molecule has 5 heteroatoms. The van der Waals surface area contributed by atoms with E-state index >= 15 is 0 Å². The minimum absolute atomic E-state index is 0.843. The smallest absolute Gasteiger partial charge is 0.154 e. The first kappa shape index (κ1) is 15.7. The molecule has 0 radical (unpaired) electrons. The van der Waals surface area contributed by atoms with Gasteiger partial charge in [0.15, 0.2) is 5.65 Å². The molecular formula is C20H17N3OS. The minimum atomic E-state index is 0.843. The predicted octanol–water partition coefficient (Wildman–Crippen LogP) is 4.70. The van der Waals surface area contributed by atoms with Crippen molar-refractivity contribution in [1.29, 1.82) is 0 Å². The molecule has 0 atom stereocenters. The quantitative estimate of drug-likeness (QED) is 0.491. The molecule has 0 saturated heterocycles. The predicted molar refractivity (Wildman–Crippen MR) is 101 cm³/mol. The molecule has 0 N–H and O–H groups in total. The van der Waals surface area contributed by atoms with Crippen LogP contribution >= 0.6 is 11.8 Å². The summed E-state index contributed by atoms with van der Waals surface area (Å²) in [5, 5.41) is 5.63. The second kappa shape index (κ2) is 6.99. The van der Waals surface area contributed by atoms with Crippen LogP contribution in [0.3, 0.4) is 0 Å². The molecule has 2 heterocycles. The summed E-state index contributed by atoms with van der Waals surface area (Å²) in [5.41, 5.74) is 4.09. The van der Waals surface area contributed by atoms with Crippen LogP contribution in [0.1, 0.15) is 5.56 Å². The Bertz CT molecular complexity index is 998. The molecule has 0 bridgehead atoms. The summed E-state index contributed by atoms with van der Waals surface area (Å²) in [7, 11) is 1.69.